The number of benzene rings is 1. The maximum Gasteiger partial charge on any atom is 0.123 e. The zero-order valence-electron chi connectivity index (χ0n) is 10.5. The summed E-state index contributed by atoms with van der Waals surface area (Å²) >= 11 is 0. The van der Waals surface area contributed by atoms with Gasteiger partial charge < -0.3 is 10.1 Å². The van der Waals surface area contributed by atoms with E-state index in [1.807, 2.05) is 7.05 Å². The van der Waals surface area contributed by atoms with Gasteiger partial charge in [0.25, 0.3) is 0 Å². The van der Waals surface area contributed by atoms with E-state index in [1.54, 1.807) is 0 Å². The molecule has 2 atom stereocenters. The fourth-order valence-corrected chi connectivity index (χ4v) is 3.54. The lowest BCUT2D eigenvalue weighted by Crippen LogP contribution is -2.42. The van der Waals surface area contributed by atoms with E-state index in [2.05, 4.69) is 29.6 Å². The van der Waals surface area contributed by atoms with E-state index >= 15 is 0 Å². The predicted octanol–water partition coefficient (Wildman–Crippen LogP) is 3.08. The molecule has 2 unspecified atom stereocenters. The summed E-state index contributed by atoms with van der Waals surface area (Å²) in [5.74, 6) is 1.76. The van der Waals surface area contributed by atoms with Crippen molar-refractivity contribution in [1.82, 2.24) is 5.32 Å². The van der Waals surface area contributed by atoms with Gasteiger partial charge in [-0.2, -0.15) is 0 Å². The molecule has 1 aromatic rings. The standard InChI is InChI=1S/C15H21NO/c1-16-11-10-15-9-5-4-7-13(15)12-6-2-3-8-14(12)17-15/h2-3,6,8,13,16H,4-5,7,9-11H2,1H3. The quantitative estimate of drug-likeness (QED) is 0.863. The molecule has 92 valence electrons. The summed E-state index contributed by atoms with van der Waals surface area (Å²) in [7, 11) is 2.02. The Labute approximate surface area is 103 Å². The molecule has 0 spiro atoms. The normalized spacial score (nSPS) is 30.5. The maximum absolute atomic E-state index is 6.36. The van der Waals surface area contributed by atoms with Crippen molar-refractivity contribution in [1.29, 1.82) is 0 Å². The van der Waals surface area contributed by atoms with Crippen molar-refractivity contribution >= 4 is 0 Å². The minimum absolute atomic E-state index is 0.0882. The van der Waals surface area contributed by atoms with Gasteiger partial charge in [0.05, 0.1) is 0 Å². The van der Waals surface area contributed by atoms with Crippen LogP contribution < -0.4 is 10.1 Å². The second-order valence-electron chi connectivity index (χ2n) is 5.36. The third-order valence-corrected chi connectivity index (χ3v) is 4.38. The molecule has 0 aromatic heterocycles. The molecule has 2 nitrogen and oxygen atoms in total. The molecule has 0 bridgehead atoms. The number of nitrogens with one attached hydrogen (secondary N) is 1. The first-order valence-corrected chi connectivity index (χ1v) is 6.78. The van der Waals surface area contributed by atoms with Crippen molar-refractivity contribution in [2.24, 2.45) is 0 Å². The number of ether oxygens (including phenoxy) is 1. The first-order chi connectivity index (χ1) is 8.36. The van der Waals surface area contributed by atoms with Gasteiger partial charge in [-0.25, -0.2) is 0 Å². The minimum atomic E-state index is 0.0882. The Bertz CT molecular complexity index is 404. The number of para-hydroxylation sites is 1. The molecular formula is C15H21NO. The molecule has 0 saturated heterocycles. The Morgan fingerprint density at radius 3 is 3.12 bits per heavy atom. The zero-order valence-corrected chi connectivity index (χ0v) is 10.5. The minimum Gasteiger partial charge on any atom is -0.486 e. The highest BCUT2D eigenvalue weighted by molar-refractivity contribution is 5.43. The topological polar surface area (TPSA) is 21.3 Å². The van der Waals surface area contributed by atoms with Gasteiger partial charge in [-0.3, -0.25) is 0 Å². The van der Waals surface area contributed by atoms with Gasteiger partial charge in [0, 0.05) is 17.9 Å². The number of fused-ring (bicyclic) bond motifs is 3. The highest BCUT2D eigenvalue weighted by atomic mass is 16.5. The molecule has 0 amide bonds. The van der Waals surface area contributed by atoms with Crippen LogP contribution in [0, 0.1) is 0 Å². The summed E-state index contributed by atoms with van der Waals surface area (Å²) in [5.41, 5.74) is 1.54. The fourth-order valence-electron chi connectivity index (χ4n) is 3.54. The highest BCUT2D eigenvalue weighted by Gasteiger charge is 2.48. The number of hydrogen-bond donors (Lipinski definition) is 1. The molecule has 0 radical (unpaired) electrons. The van der Waals surface area contributed by atoms with Crippen LogP contribution in [0.2, 0.25) is 0 Å². The van der Waals surface area contributed by atoms with Crippen LogP contribution in [-0.4, -0.2) is 19.2 Å². The lowest BCUT2D eigenvalue weighted by molar-refractivity contribution is 0.0281. The first-order valence-electron chi connectivity index (χ1n) is 6.78. The predicted molar refractivity (Wildman–Crippen MR) is 69.6 cm³/mol. The van der Waals surface area contributed by atoms with Gasteiger partial charge in [0.1, 0.15) is 11.4 Å². The fraction of sp³-hybridized carbons (Fsp3) is 0.600. The van der Waals surface area contributed by atoms with Gasteiger partial charge in [-0.05, 0) is 38.9 Å². The SMILES string of the molecule is CNCCC12CCCCC1c1ccccc1O2. The van der Waals surface area contributed by atoms with E-state index < -0.39 is 0 Å². The smallest absolute Gasteiger partial charge is 0.123 e. The average molecular weight is 231 g/mol. The monoisotopic (exact) mass is 231 g/mol. The van der Waals surface area contributed by atoms with Crippen molar-refractivity contribution < 1.29 is 4.74 Å². The van der Waals surface area contributed by atoms with Crippen LogP contribution in [0.1, 0.15) is 43.6 Å². The Kier molecular flexibility index (Phi) is 2.83. The van der Waals surface area contributed by atoms with E-state index in [0.717, 1.165) is 18.7 Å². The van der Waals surface area contributed by atoms with Gasteiger partial charge >= 0.3 is 0 Å². The molecule has 1 aliphatic carbocycles. The highest BCUT2D eigenvalue weighted by Crippen LogP contribution is 2.53. The van der Waals surface area contributed by atoms with E-state index in [-0.39, 0.29) is 5.60 Å². The van der Waals surface area contributed by atoms with Crippen LogP contribution >= 0.6 is 0 Å². The molecule has 1 N–H and O–H groups in total. The van der Waals surface area contributed by atoms with E-state index in [0.29, 0.717) is 5.92 Å². The summed E-state index contributed by atoms with van der Waals surface area (Å²) in [4.78, 5) is 0. The van der Waals surface area contributed by atoms with Gasteiger partial charge in [-0.1, -0.05) is 24.6 Å². The lowest BCUT2D eigenvalue weighted by Gasteiger charge is -2.38. The van der Waals surface area contributed by atoms with Gasteiger partial charge in [-0.15, -0.1) is 0 Å². The first kappa shape index (κ1) is 11.1. The van der Waals surface area contributed by atoms with Crippen molar-refractivity contribution in [3.05, 3.63) is 29.8 Å². The molecule has 1 aromatic carbocycles. The van der Waals surface area contributed by atoms with Crippen LogP contribution in [0.3, 0.4) is 0 Å². The van der Waals surface area contributed by atoms with Crippen molar-refractivity contribution in [3.63, 3.8) is 0 Å². The second-order valence-corrected chi connectivity index (χ2v) is 5.36. The Hall–Kier alpha value is -1.02. The molecule has 3 rings (SSSR count). The van der Waals surface area contributed by atoms with Crippen LogP contribution in [0.25, 0.3) is 0 Å². The molecule has 1 aliphatic heterocycles. The molecule has 17 heavy (non-hydrogen) atoms. The summed E-state index contributed by atoms with van der Waals surface area (Å²) in [6.45, 7) is 1.05. The van der Waals surface area contributed by atoms with E-state index in [1.165, 1.54) is 31.2 Å². The van der Waals surface area contributed by atoms with Crippen molar-refractivity contribution in [3.8, 4) is 5.75 Å². The molecule has 2 aliphatic rings. The third kappa shape index (κ3) is 1.75. The van der Waals surface area contributed by atoms with E-state index in [4.69, 9.17) is 4.74 Å². The van der Waals surface area contributed by atoms with Crippen LogP contribution in [0.5, 0.6) is 5.75 Å². The molecular weight excluding hydrogens is 210 g/mol. The molecule has 1 fully saturated rings. The second kappa shape index (κ2) is 4.34. The zero-order chi connectivity index (χ0) is 11.7. The summed E-state index contributed by atoms with van der Waals surface area (Å²) in [6, 6.07) is 8.62. The van der Waals surface area contributed by atoms with Gasteiger partial charge in [0.2, 0.25) is 0 Å². The molecule has 2 heteroatoms. The van der Waals surface area contributed by atoms with Gasteiger partial charge in [0.15, 0.2) is 0 Å². The van der Waals surface area contributed by atoms with Crippen LogP contribution in [0.4, 0.5) is 0 Å². The van der Waals surface area contributed by atoms with Crippen LogP contribution in [0.15, 0.2) is 24.3 Å². The maximum atomic E-state index is 6.36. The molecule has 1 saturated carbocycles. The molecule has 1 heterocycles. The number of hydrogen-bond acceptors (Lipinski definition) is 2. The average Bonchev–Trinajstić information content (AvgIpc) is 2.71. The summed E-state index contributed by atoms with van der Waals surface area (Å²) in [5, 5.41) is 3.27. The summed E-state index contributed by atoms with van der Waals surface area (Å²) in [6.07, 6.45) is 6.30. The van der Waals surface area contributed by atoms with Crippen molar-refractivity contribution in [2.45, 2.75) is 43.6 Å². The Balaban J connectivity index is 1.93. The van der Waals surface area contributed by atoms with Crippen molar-refractivity contribution in [2.75, 3.05) is 13.6 Å². The van der Waals surface area contributed by atoms with E-state index in [9.17, 15) is 0 Å². The largest absolute Gasteiger partial charge is 0.486 e. The third-order valence-electron chi connectivity index (χ3n) is 4.38. The summed E-state index contributed by atoms with van der Waals surface area (Å²) < 4.78 is 6.36. The number of rotatable bonds is 3. The van der Waals surface area contributed by atoms with Crippen LogP contribution in [-0.2, 0) is 0 Å². The Morgan fingerprint density at radius 1 is 1.35 bits per heavy atom. The lowest BCUT2D eigenvalue weighted by atomic mass is 9.72. The Morgan fingerprint density at radius 2 is 2.24 bits per heavy atom.